The van der Waals surface area contributed by atoms with E-state index in [-0.39, 0.29) is 17.9 Å². The summed E-state index contributed by atoms with van der Waals surface area (Å²) in [5, 5.41) is 10.2. The third-order valence-corrected chi connectivity index (χ3v) is 6.06. The van der Waals surface area contributed by atoms with Crippen LogP contribution in [0.4, 0.5) is 0 Å². The summed E-state index contributed by atoms with van der Waals surface area (Å²) in [5.74, 6) is 0.140. The molecular formula is C20H28N2O3. The van der Waals surface area contributed by atoms with Crippen molar-refractivity contribution in [3.63, 3.8) is 0 Å². The van der Waals surface area contributed by atoms with Gasteiger partial charge in [0.15, 0.2) is 0 Å². The van der Waals surface area contributed by atoms with Crippen molar-refractivity contribution < 1.29 is 14.7 Å². The Morgan fingerprint density at radius 2 is 1.80 bits per heavy atom. The number of nitrogens with zero attached hydrogens (tertiary/aromatic N) is 2. The number of piperidine rings is 1. The lowest BCUT2D eigenvalue weighted by Gasteiger charge is -2.44. The Morgan fingerprint density at radius 3 is 2.32 bits per heavy atom. The zero-order valence-electron chi connectivity index (χ0n) is 15.1. The van der Waals surface area contributed by atoms with Gasteiger partial charge >= 0.3 is 0 Å². The fourth-order valence-corrected chi connectivity index (χ4v) is 4.45. The summed E-state index contributed by atoms with van der Waals surface area (Å²) in [6.45, 7) is 2.77. The normalized spacial score (nSPS) is 25.6. The van der Waals surface area contributed by atoms with Crippen molar-refractivity contribution in [2.45, 2.75) is 56.6 Å². The molecule has 1 saturated heterocycles. The maximum atomic E-state index is 13.5. The van der Waals surface area contributed by atoms with Crippen molar-refractivity contribution in [1.82, 2.24) is 9.80 Å². The fourth-order valence-electron chi connectivity index (χ4n) is 4.45. The van der Waals surface area contributed by atoms with Crippen LogP contribution in [0.2, 0.25) is 0 Å². The molecule has 0 spiro atoms. The summed E-state index contributed by atoms with van der Waals surface area (Å²) < 4.78 is 0. The lowest BCUT2D eigenvalue weighted by Crippen LogP contribution is -2.55. The van der Waals surface area contributed by atoms with E-state index in [4.69, 9.17) is 0 Å². The van der Waals surface area contributed by atoms with Crippen molar-refractivity contribution in [1.29, 1.82) is 0 Å². The van der Waals surface area contributed by atoms with Gasteiger partial charge in [-0.25, -0.2) is 0 Å². The number of benzene rings is 1. The second-order valence-electron chi connectivity index (χ2n) is 7.44. The average molecular weight is 344 g/mol. The largest absolute Gasteiger partial charge is 0.391 e. The molecule has 25 heavy (non-hydrogen) atoms. The summed E-state index contributed by atoms with van der Waals surface area (Å²) in [4.78, 5) is 28.8. The number of rotatable bonds is 3. The van der Waals surface area contributed by atoms with Crippen LogP contribution in [-0.2, 0) is 15.0 Å². The number of likely N-dealkylation sites (N-methyl/N-ethyl adjacent to an activating group) is 1. The minimum Gasteiger partial charge on any atom is -0.391 e. The molecule has 1 aromatic rings. The molecule has 1 aromatic carbocycles. The van der Waals surface area contributed by atoms with Crippen molar-refractivity contribution in [3.05, 3.63) is 35.9 Å². The third-order valence-electron chi connectivity index (χ3n) is 6.06. The third kappa shape index (κ3) is 3.30. The predicted octanol–water partition coefficient (Wildman–Crippen LogP) is 1.94. The molecule has 1 N–H and O–H groups in total. The Kier molecular flexibility index (Phi) is 5.13. The Balaban J connectivity index is 1.89. The zero-order valence-corrected chi connectivity index (χ0v) is 15.1. The van der Waals surface area contributed by atoms with Gasteiger partial charge in [-0.1, -0.05) is 30.3 Å². The van der Waals surface area contributed by atoms with E-state index in [1.54, 1.807) is 11.8 Å². The van der Waals surface area contributed by atoms with E-state index >= 15 is 0 Å². The summed E-state index contributed by atoms with van der Waals surface area (Å²) in [5.41, 5.74) is 0.409. The Bertz CT molecular complexity index is 623. The summed E-state index contributed by atoms with van der Waals surface area (Å²) >= 11 is 0. The van der Waals surface area contributed by atoms with Gasteiger partial charge in [-0.3, -0.25) is 9.59 Å². The van der Waals surface area contributed by atoms with Gasteiger partial charge in [0.2, 0.25) is 11.8 Å². The van der Waals surface area contributed by atoms with E-state index in [1.165, 1.54) is 0 Å². The minimum absolute atomic E-state index is 0.0636. The number of carbonyl (C=O) groups excluding carboxylic acids is 2. The van der Waals surface area contributed by atoms with E-state index in [1.807, 2.05) is 42.3 Å². The van der Waals surface area contributed by atoms with Crippen LogP contribution in [-0.4, -0.2) is 59.0 Å². The van der Waals surface area contributed by atoms with Gasteiger partial charge in [0.05, 0.1) is 17.6 Å². The van der Waals surface area contributed by atoms with Crippen LogP contribution < -0.4 is 0 Å². The van der Waals surface area contributed by atoms with Gasteiger partial charge in [-0.05, 0) is 37.7 Å². The number of amides is 2. The highest BCUT2D eigenvalue weighted by atomic mass is 16.3. The Hall–Kier alpha value is -1.88. The average Bonchev–Trinajstić information content (AvgIpc) is 3.07. The van der Waals surface area contributed by atoms with Crippen LogP contribution in [0.3, 0.4) is 0 Å². The monoisotopic (exact) mass is 344 g/mol. The van der Waals surface area contributed by atoms with E-state index in [0.717, 1.165) is 24.8 Å². The maximum absolute atomic E-state index is 13.5. The minimum atomic E-state index is -0.607. The van der Waals surface area contributed by atoms with E-state index in [0.29, 0.717) is 25.9 Å². The molecule has 0 aromatic heterocycles. The molecular weight excluding hydrogens is 316 g/mol. The van der Waals surface area contributed by atoms with E-state index in [9.17, 15) is 14.7 Å². The van der Waals surface area contributed by atoms with Crippen molar-refractivity contribution in [2.75, 3.05) is 20.1 Å². The first-order valence-electron chi connectivity index (χ1n) is 9.22. The van der Waals surface area contributed by atoms with Gasteiger partial charge in [0.25, 0.3) is 0 Å². The summed E-state index contributed by atoms with van der Waals surface area (Å²) in [6, 6.07) is 9.81. The number of hydrogen-bond donors (Lipinski definition) is 1. The molecule has 2 amide bonds. The molecule has 0 radical (unpaired) electrons. The number of aliphatic hydroxyl groups is 1. The van der Waals surface area contributed by atoms with Gasteiger partial charge in [0.1, 0.15) is 0 Å². The van der Waals surface area contributed by atoms with Gasteiger partial charge in [-0.2, -0.15) is 0 Å². The maximum Gasteiger partial charge on any atom is 0.233 e. The first kappa shape index (κ1) is 17.9. The van der Waals surface area contributed by atoms with Crippen LogP contribution in [0, 0.1) is 0 Å². The molecule has 2 fully saturated rings. The van der Waals surface area contributed by atoms with Crippen LogP contribution in [0.15, 0.2) is 30.3 Å². The second kappa shape index (κ2) is 7.16. The topological polar surface area (TPSA) is 60.9 Å². The van der Waals surface area contributed by atoms with Gasteiger partial charge < -0.3 is 14.9 Å². The molecule has 5 nitrogen and oxygen atoms in total. The second-order valence-corrected chi connectivity index (χ2v) is 7.44. The van der Waals surface area contributed by atoms with Crippen molar-refractivity contribution in [2.24, 2.45) is 0 Å². The molecule has 2 aliphatic rings. The first-order valence-corrected chi connectivity index (χ1v) is 9.22. The Morgan fingerprint density at radius 1 is 1.16 bits per heavy atom. The molecule has 0 unspecified atom stereocenters. The Labute approximate surface area is 149 Å². The molecule has 2 atom stereocenters. The SMILES string of the molecule is CC(=O)N1CCC(C(=O)N(C)[C@@H]2CCC[C@H]2O)(c2ccccc2)CC1. The molecule has 1 heterocycles. The highest BCUT2D eigenvalue weighted by Crippen LogP contribution is 2.39. The molecule has 1 saturated carbocycles. The van der Waals surface area contributed by atoms with Gasteiger partial charge in [0, 0.05) is 27.1 Å². The predicted molar refractivity (Wildman–Crippen MR) is 96.0 cm³/mol. The lowest BCUT2D eigenvalue weighted by atomic mass is 9.71. The highest BCUT2D eigenvalue weighted by molar-refractivity contribution is 5.89. The lowest BCUT2D eigenvalue weighted by molar-refractivity contribution is -0.144. The van der Waals surface area contributed by atoms with Crippen molar-refractivity contribution in [3.8, 4) is 0 Å². The number of aliphatic hydroxyl groups excluding tert-OH is 1. The number of likely N-dealkylation sites (tertiary alicyclic amines) is 1. The fraction of sp³-hybridized carbons (Fsp3) is 0.600. The quantitative estimate of drug-likeness (QED) is 0.911. The standard InChI is InChI=1S/C20H28N2O3/c1-15(23)22-13-11-20(12-14-22,16-7-4-3-5-8-16)19(25)21(2)17-9-6-10-18(17)24/h3-5,7-8,17-18,24H,6,9-14H2,1-2H3/t17-,18-/m1/s1. The van der Waals surface area contributed by atoms with Crippen LogP contribution in [0.25, 0.3) is 0 Å². The smallest absolute Gasteiger partial charge is 0.233 e. The molecule has 136 valence electrons. The number of carbonyl (C=O) groups is 2. The number of hydrogen-bond acceptors (Lipinski definition) is 3. The van der Waals surface area contributed by atoms with E-state index in [2.05, 4.69) is 0 Å². The van der Waals surface area contributed by atoms with E-state index < -0.39 is 11.5 Å². The molecule has 0 bridgehead atoms. The summed E-state index contributed by atoms with van der Waals surface area (Å²) in [7, 11) is 1.82. The van der Waals surface area contributed by atoms with Crippen molar-refractivity contribution >= 4 is 11.8 Å². The van der Waals surface area contributed by atoms with Crippen LogP contribution in [0.5, 0.6) is 0 Å². The summed E-state index contributed by atoms with van der Waals surface area (Å²) in [6.07, 6.45) is 3.40. The molecule has 5 heteroatoms. The van der Waals surface area contributed by atoms with Crippen LogP contribution in [0.1, 0.15) is 44.6 Å². The van der Waals surface area contributed by atoms with Crippen LogP contribution >= 0.6 is 0 Å². The highest BCUT2D eigenvalue weighted by Gasteiger charge is 2.47. The zero-order chi connectivity index (χ0) is 18.0. The molecule has 1 aliphatic carbocycles. The first-order chi connectivity index (χ1) is 12.0. The molecule has 1 aliphatic heterocycles. The molecule has 3 rings (SSSR count). The van der Waals surface area contributed by atoms with Gasteiger partial charge in [-0.15, -0.1) is 0 Å².